The second kappa shape index (κ2) is 9.06. The molecule has 0 amide bonds. The Morgan fingerprint density at radius 2 is 1.68 bits per heavy atom. The van der Waals surface area contributed by atoms with Crippen molar-refractivity contribution in [3.05, 3.63) is 101 Å². The summed E-state index contributed by atoms with van der Waals surface area (Å²) in [5, 5.41) is 8.90. The van der Waals surface area contributed by atoms with Crippen LogP contribution < -0.4 is 0 Å². The zero-order chi connectivity index (χ0) is 21.8. The molecule has 3 aromatic carbocycles. The van der Waals surface area contributed by atoms with E-state index < -0.39 is 0 Å². The number of fused-ring (bicyclic) bond motifs is 2. The van der Waals surface area contributed by atoms with Gasteiger partial charge in [0.05, 0.1) is 5.71 Å². The predicted octanol–water partition coefficient (Wildman–Crippen LogP) is 8.00. The van der Waals surface area contributed by atoms with Crippen molar-refractivity contribution < 1.29 is 0 Å². The maximum Gasteiger partial charge on any atom is 0.0615 e. The SMILES string of the molecule is CCCCc1ccc2c(c1)C[C@](C)(CC)c1ccc(-c3ccccc3)cc1C(=N)/C=C\2. The summed E-state index contributed by atoms with van der Waals surface area (Å²) in [5.74, 6) is 0. The Kier molecular flexibility index (Phi) is 6.23. The lowest BCUT2D eigenvalue weighted by Gasteiger charge is -2.32. The Morgan fingerprint density at radius 1 is 0.871 bits per heavy atom. The highest BCUT2D eigenvalue weighted by molar-refractivity contribution is 6.10. The van der Waals surface area contributed by atoms with Gasteiger partial charge in [0, 0.05) is 5.56 Å². The van der Waals surface area contributed by atoms with Crippen molar-refractivity contribution in [1.29, 1.82) is 5.41 Å². The largest absolute Gasteiger partial charge is 0.300 e. The Hall–Kier alpha value is -2.93. The summed E-state index contributed by atoms with van der Waals surface area (Å²) in [6, 6.07) is 24.1. The van der Waals surface area contributed by atoms with E-state index in [1.165, 1.54) is 46.2 Å². The minimum atomic E-state index is -0.0129. The second-order valence-electron chi connectivity index (χ2n) is 9.10. The number of aryl methyl sites for hydroxylation is 1. The topological polar surface area (TPSA) is 23.9 Å². The van der Waals surface area contributed by atoms with Gasteiger partial charge >= 0.3 is 0 Å². The summed E-state index contributed by atoms with van der Waals surface area (Å²) in [6.45, 7) is 6.90. The number of benzene rings is 3. The molecule has 0 radical (unpaired) electrons. The third-order valence-electron chi connectivity index (χ3n) is 6.88. The number of hydrogen-bond acceptors (Lipinski definition) is 1. The van der Waals surface area contributed by atoms with Gasteiger partial charge in [0.1, 0.15) is 0 Å². The maximum absolute atomic E-state index is 8.90. The van der Waals surface area contributed by atoms with E-state index in [1.807, 2.05) is 12.1 Å². The number of allylic oxidation sites excluding steroid dienone is 1. The van der Waals surface area contributed by atoms with E-state index in [-0.39, 0.29) is 5.41 Å². The molecule has 1 aliphatic rings. The van der Waals surface area contributed by atoms with Crippen molar-refractivity contribution in [3.63, 3.8) is 0 Å². The molecule has 0 unspecified atom stereocenters. The number of nitrogens with one attached hydrogen (secondary N) is 1. The first-order valence-electron chi connectivity index (χ1n) is 11.6. The molecular weight excluding hydrogens is 374 g/mol. The van der Waals surface area contributed by atoms with E-state index in [0.29, 0.717) is 5.71 Å². The molecule has 31 heavy (non-hydrogen) atoms. The van der Waals surface area contributed by atoms with Gasteiger partial charge in [-0.2, -0.15) is 0 Å². The molecule has 0 heterocycles. The molecule has 1 N–H and O–H groups in total. The van der Waals surface area contributed by atoms with Crippen molar-refractivity contribution in [2.75, 3.05) is 0 Å². The molecule has 1 nitrogen and oxygen atoms in total. The molecule has 4 rings (SSSR count). The Labute approximate surface area is 187 Å². The van der Waals surface area contributed by atoms with E-state index >= 15 is 0 Å². The zero-order valence-electron chi connectivity index (χ0n) is 19.0. The minimum Gasteiger partial charge on any atom is -0.300 e. The first-order chi connectivity index (χ1) is 15.0. The maximum atomic E-state index is 8.90. The summed E-state index contributed by atoms with van der Waals surface area (Å²) in [6.07, 6.45) is 9.75. The molecule has 158 valence electrons. The quantitative estimate of drug-likeness (QED) is 0.443. The van der Waals surface area contributed by atoms with Crippen LogP contribution in [0.3, 0.4) is 0 Å². The molecule has 1 atom stereocenters. The predicted molar refractivity (Wildman–Crippen MR) is 134 cm³/mol. The molecule has 0 saturated carbocycles. The highest BCUT2D eigenvalue weighted by Gasteiger charge is 2.30. The molecule has 0 spiro atoms. The number of rotatable bonds is 5. The number of hydrogen-bond donors (Lipinski definition) is 1. The molecule has 0 saturated heterocycles. The molecule has 0 bridgehead atoms. The molecule has 1 aliphatic carbocycles. The van der Waals surface area contributed by atoms with Crippen molar-refractivity contribution in [1.82, 2.24) is 0 Å². The Balaban J connectivity index is 1.82. The smallest absolute Gasteiger partial charge is 0.0615 e. The lowest BCUT2D eigenvalue weighted by Crippen LogP contribution is -2.26. The summed E-state index contributed by atoms with van der Waals surface area (Å²) in [5.41, 5.74) is 9.39. The summed E-state index contributed by atoms with van der Waals surface area (Å²) >= 11 is 0. The fourth-order valence-corrected chi connectivity index (χ4v) is 4.71. The van der Waals surface area contributed by atoms with E-state index in [4.69, 9.17) is 5.41 Å². The van der Waals surface area contributed by atoms with Gasteiger partial charge in [-0.3, -0.25) is 0 Å². The van der Waals surface area contributed by atoms with E-state index in [1.54, 1.807) is 0 Å². The molecule has 0 aromatic heterocycles. The second-order valence-corrected chi connectivity index (χ2v) is 9.10. The highest BCUT2D eigenvalue weighted by Crippen LogP contribution is 2.38. The number of unbranched alkanes of at least 4 members (excludes halogenated alkanes) is 1. The van der Waals surface area contributed by atoms with Crippen LogP contribution in [0, 0.1) is 5.41 Å². The average molecular weight is 408 g/mol. The summed E-state index contributed by atoms with van der Waals surface area (Å²) in [4.78, 5) is 0. The third kappa shape index (κ3) is 4.42. The first kappa shape index (κ1) is 21.3. The van der Waals surface area contributed by atoms with Crippen LogP contribution in [0.4, 0.5) is 0 Å². The van der Waals surface area contributed by atoms with Gasteiger partial charge in [0.2, 0.25) is 0 Å². The van der Waals surface area contributed by atoms with Crippen LogP contribution in [0.5, 0.6) is 0 Å². The van der Waals surface area contributed by atoms with Crippen molar-refractivity contribution in [2.45, 2.75) is 58.3 Å². The molecule has 0 fully saturated rings. The van der Waals surface area contributed by atoms with Gasteiger partial charge in [-0.15, -0.1) is 0 Å². The van der Waals surface area contributed by atoms with E-state index in [0.717, 1.165) is 24.8 Å². The summed E-state index contributed by atoms with van der Waals surface area (Å²) < 4.78 is 0. The van der Waals surface area contributed by atoms with E-state index in [9.17, 15) is 0 Å². The third-order valence-corrected chi connectivity index (χ3v) is 6.88. The van der Waals surface area contributed by atoms with E-state index in [2.05, 4.69) is 87.5 Å². The van der Waals surface area contributed by atoms with Gasteiger partial charge in [-0.25, -0.2) is 0 Å². The normalized spacial score (nSPS) is 19.0. The van der Waals surface area contributed by atoms with Gasteiger partial charge < -0.3 is 5.41 Å². The lowest BCUT2D eigenvalue weighted by atomic mass is 9.72. The van der Waals surface area contributed by atoms with Gasteiger partial charge in [-0.1, -0.05) is 93.9 Å². The minimum absolute atomic E-state index is 0.0129. The van der Waals surface area contributed by atoms with Crippen LogP contribution in [-0.2, 0) is 18.3 Å². The first-order valence-corrected chi connectivity index (χ1v) is 11.6. The lowest BCUT2D eigenvalue weighted by molar-refractivity contribution is 0.451. The van der Waals surface area contributed by atoms with Crippen molar-refractivity contribution >= 4 is 11.8 Å². The van der Waals surface area contributed by atoms with Crippen molar-refractivity contribution in [2.24, 2.45) is 0 Å². The zero-order valence-corrected chi connectivity index (χ0v) is 19.0. The Bertz CT molecular complexity index is 1110. The summed E-state index contributed by atoms with van der Waals surface area (Å²) in [7, 11) is 0. The standard InChI is InChI=1S/C30H33N/c1-4-6-10-22-13-14-24-16-18-29(31)27-20-25(23-11-8-7-9-12-23)15-17-28(27)30(3,5-2)21-26(24)19-22/h7-9,11-20,31H,4-6,10,21H2,1-3H3/b18-16-,31-29?/t30-/m0/s1. The van der Waals surface area contributed by atoms with Crippen molar-refractivity contribution in [3.8, 4) is 11.1 Å². The average Bonchev–Trinajstić information content (AvgIpc) is 2.85. The molecule has 0 aliphatic heterocycles. The Morgan fingerprint density at radius 3 is 2.42 bits per heavy atom. The fourth-order valence-electron chi connectivity index (χ4n) is 4.71. The van der Waals surface area contributed by atoms with Crippen LogP contribution >= 0.6 is 0 Å². The monoisotopic (exact) mass is 407 g/mol. The van der Waals surface area contributed by atoms with Gasteiger partial charge in [-0.05, 0) is 76.6 Å². The molecule has 3 aromatic rings. The van der Waals surface area contributed by atoms with Crippen LogP contribution in [0.1, 0.15) is 67.9 Å². The van der Waals surface area contributed by atoms with Gasteiger partial charge in [0.15, 0.2) is 0 Å². The van der Waals surface area contributed by atoms with Crippen LogP contribution in [0.2, 0.25) is 0 Å². The van der Waals surface area contributed by atoms with Crippen LogP contribution in [-0.4, -0.2) is 5.71 Å². The molecule has 1 heteroatoms. The van der Waals surface area contributed by atoms with Crippen LogP contribution in [0.15, 0.2) is 72.8 Å². The molecular formula is C30H33N. The van der Waals surface area contributed by atoms with Crippen LogP contribution in [0.25, 0.3) is 17.2 Å². The highest BCUT2D eigenvalue weighted by atomic mass is 14.4. The van der Waals surface area contributed by atoms with Gasteiger partial charge in [0.25, 0.3) is 0 Å². The fraction of sp³-hybridized carbons (Fsp3) is 0.300.